The van der Waals surface area contributed by atoms with Crippen LogP contribution in [-0.2, 0) is 11.3 Å². The van der Waals surface area contributed by atoms with Crippen LogP contribution in [-0.4, -0.2) is 22.0 Å². The molecule has 0 aliphatic carbocycles. The average Bonchev–Trinajstić information content (AvgIpc) is 2.65. The van der Waals surface area contributed by atoms with Gasteiger partial charge in [0.25, 0.3) is 0 Å². The van der Waals surface area contributed by atoms with Gasteiger partial charge in [0, 0.05) is 25.2 Å². The highest BCUT2D eigenvalue weighted by molar-refractivity contribution is 5.73. The molecule has 0 unspecified atom stereocenters. The van der Waals surface area contributed by atoms with E-state index in [4.69, 9.17) is 5.73 Å². The minimum absolute atomic E-state index is 0.242. The van der Waals surface area contributed by atoms with Gasteiger partial charge in [-0.05, 0) is 26.8 Å². The number of aromatic nitrogens is 2. The number of nitrogens with two attached hydrogens (primary N) is 1. The highest BCUT2D eigenvalue weighted by Crippen LogP contribution is 2.08. The van der Waals surface area contributed by atoms with Crippen molar-refractivity contribution >= 4 is 5.91 Å². The zero-order chi connectivity index (χ0) is 12.0. The van der Waals surface area contributed by atoms with Crippen molar-refractivity contribution in [1.29, 1.82) is 0 Å². The molecule has 0 bridgehead atoms. The van der Waals surface area contributed by atoms with Crippen LogP contribution in [0.5, 0.6) is 0 Å². The lowest BCUT2D eigenvalue weighted by Gasteiger charge is -2.12. The number of hydrogen-bond donors (Lipinski definition) is 2. The summed E-state index contributed by atoms with van der Waals surface area (Å²) in [6.07, 6.45) is 4.92. The number of imidazole rings is 1. The summed E-state index contributed by atoms with van der Waals surface area (Å²) < 4.78 is 2.13. The second-order valence-electron chi connectivity index (χ2n) is 4.13. The van der Waals surface area contributed by atoms with Gasteiger partial charge in [-0.1, -0.05) is 0 Å². The van der Waals surface area contributed by atoms with E-state index < -0.39 is 0 Å². The number of rotatable bonds is 7. The molecule has 0 spiro atoms. The van der Waals surface area contributed by atoms with Crippen molar-refractivity contribution in [3.63, 3.8) is 0 Å². The van der Waals surface area contributed by atoms with Gasteiger partial charge in [-0.2, -0.15) is 0 Å². The predicted octanol–water partition coefficient (Wildman–Crippen LogP) is 0.819. The molecular weight excluding hydrogens is 204 g/mol. The van der Waals surface area contributed by atoms with Gasteiger partial charge in [0.15, 0.2) is 0 Å². The molecule has 3 N–H and O–H groups in total. The molecule has 90 valence electrons. The Balaban J connectivity index is 2.26. The number of nitrogens with zero attached hydrogens (tertiary/aromatic N) is 2. The van der Waals surface area contributed by atoms with Gasteiger partial charge in [-0.25, -0.2) is 4.98 Å². The topological polar surface area (TPSA) is 72.9 Å². The van der Waals surface area contributed by atoms with Crippen molar-refractivity contribution in [2.45, 2.75) is 39.3 Å². The van der Waals surface area contributed by atoms with Gasteiger partial charge in [0.05, 0.1) is 12.0 Å². The Kier molecular flexibility index (Phi) is 4.98. The predicted molar refractivity (Wildman–Crippen MR) is 62.7 cm³/mol. The van der Waals surface area contributed by atoms with Gasteiger partial charge >= 0.3 is 0 Å². The molecule has 0 fully saturated rings. The van der Waals surface area contributed by atoms with Crippen LogP contribution in [0, 0.1) is 0 Å². The molecule has 5 nitrogen and oxygen atoms in total. The van der Waals surface area contributed by atoms with Crippen molar-refractivity contribution in [1.82, 2.24) is 14.9 Å². The normalized spacial score (nSPS) is 10.9. The molecule has 0 saturated carbocycles. The molecule has 0 aromatic carbocycles. The third-order valence-electron chi connectivity index (χ3n) is 2.39. The number of hydrogen-bond acceptors (Lipinski definition) is 3. The van der Waals surface area contributed by atoms with Crippen molar-refractivity contribution < 1.29 is 4.79 Å². The molecule has 1 aromatic heterocycles. The van der Waals surface area contributed by atoms with Crippen molar-refractivity contribution in [2.75, 3.05) is 6.54 Å². The van der Waals surface area contributed by atoms with Gasteiger partial charge in [-0.15, -0.1) is 0 Å². The Labute approximate surface area is 96.0 Å². The summed E-state index contributed by atoms with van der Waals surface area (Å²) in [5.74, 6) is -0.242. The van der Waals surface area contributed by atoms with Gasteiger partial charge in [0.2, 0.25) is 5.91 Å². The summed E-state index contributed by atoms with van der Waals surface area (Å²) in [6.45, 7) is 5.82. The Morgan fingerprint density at radius 2 is 2.38 bits per heavy atom. The average molecular weight is 224 g/mol. The lowest BCUT2D eigenvalue weighted by molar-refractivity contribution is -0.118. The minimum atomic E-state index is -0.242. The van der Waals surface area contributed by atoms with Crippen LogP contribution in [0.2, 0.25) is 0 Å². The minimum Gasteiger partial charge on any atom is -0.370 e. The highest BCUT2D eigenvalue weighted by atomic mass is 16.1. The second-order valence-corrected chi connectivity index (χ2v) is 4.13. The lowest BCUT2D eigenvalue weighted by atomic mass is 10.3. The quantitative estimate of drug-likeness (QED) is 0.673. The van der Waals surface area contributed by atoms with Crippen LogP contribution in [0.25, 0.3) is 0 Å². The Morgan fingerprint density at radius 1 is 1.62 bits per heavy atom. The number of nitrogens with one attached hydrogen (secondary N) is 1. The Morgan fingerprint density at radius 3 is 3.00 bits per heavy atom. The van der Waals surface area contributed by atoms with Crippen LogP contribution in [0.15, 0.2) is 12.5 Å². The zero-order valence-electron chi connectivity index (χ0n) is 9.94. The SMILES string of the molecule is CC(C)n1cncc1CNCCCC(N)=O. The van der Waals surface area contributed by atoms with Crippen LogP contribution in [0.3, 0.4) is 0 Å². The van der Waals surface area contributed by atoms with Crippen molar-refractivity contribution in [3.05, 3.63) is 18.2 Å². The molecule has 0 radical (unpaired) electrons. The maximum atomic E-state index is 10.5. The van der Waals surface area contributed by atoms with Crippen LogP contribution < -0.4 is 11.1 Å². The van der Waals surface area contributed by atoms with E-state index in [0.717, 1.165) is 25.2 Å². The summed E-state index contributed by atoms with van der Waals surface area (Å²) in [5, 5.41) is 3.27. The molecular formula is C11H20N4O. The van der Waals surface area contributed by atoms with E-state index in [2.05, 4.69) is 28.7 Å². The van der Waals surface area contributed by atoms with E-state index in [1.165, 1.54) is 0 Å². The fraction of sp³-hybridized carbons (Fsp3) is 0.636. The van der Waals surface area contributed by atoms with E-state index in [1.807, 2.05) is 12.5 Å². The molecule has 0 aliphatic rings. The number of amides is 1. The standard InChI is InChI=1S/C11H20N4O/c1-9(2)15-8-14-7-10(15)6-13-5-3-4-11(12)16/h7-9,13H,3-6H2,1-2H3,(H2,12,16). The first-order chi connectivity index (χ1) is 7.61. The maximum Gasteiger partial charge on any atom is 0.217 e. The smallest absolute Gasteiger partial charge is 0.217 e. The summed E-state index contributed by atoms with van der Waals surface area (Å²) in [5.41, 5.74) is 6.21. The van der Waals surface area contributed by atoms with Crippen LogP contribution in [0.1, 0.15) is 38.4 Å². The largest absolute Gasteiger partial charge is 0.370 e. The molecule has 1 aromatic rings. The number of carbonyl (C=O) groups is 1. The third kappa shape index (κ3) is 4.02. The first-order valence-electron chi connectivity index (χ1n) is 5.61. The molecule has 16 heavy (non-hydrogen) atoms. The van der Waals surface area contributed by atoms with E-state index >= 15 is 0 Å². The summed E-state index contributed by atoms with van der Waals surface area (Å²) in [4.78, 5) is 14.6. The fourth-order valence-electron chi connectivity index (χ4n) is 1.54. The molecule has 1 amide bonds. The maximum absolute atomic E-state index is 10.5. The summed E-state index contributed by atoms with van der Waals surface area (Å²) >= 11 is 0. The van der Waals surface area contributed by atoms with Gasteiger partial charge < -0.3 is 15.6 Å². The Hall–Kier alpha value is -1.36. The Bertz CT molecular complexity index is 332. The van der Waals surface area contributed by atoms with E-state index in [1.54, 1.807) is 0 Å². The number of primary amides is 1. The molecule has 1 heterocycles. The number of carbonyl (C=O) groups excluding carboxylic acids is 1. The van der Waals surface area contributed by atoms with E-state index in [0.29, 0.717) is 12.5 Å². The van der Waals surface area contributed by atoms with Crippen LogP contribution >= 0.6 is 0 Å². The second kappa shape index (κ2) is 6.27. The van der Waals surface area contributed by atoms with Crippen molar-refractivity contribution in [2.24, 2.45) is 5.73 Å². The van der Waals surface area contributed by atoms with Crippen molar-refractivity contribution in [3.8, 4) is 0 Å². The van der Waals surface area contributed by atoms with E-state index in [-0.39, 0.29) is 5.91 Å². The molecule has 0 saturated heterocycles. The van der Waals surface area contributed by atoms with Gasteiger partial charge in [-0.3, -0.25) is 4.79 Å². The van der Waals surface area contributed by atoms with E-state index in [9.17, 15) is 4.79 Å². The zero-order valence-corrected chi connectivity index (χ0v) is 9.94. The molecule has 0 aliphatic heterocycles. The monoisotopic (exact) mass is 224 g/mol. The van der Waals surface area contributed by atoms with Crippen LogP contribution in [0.4, 0.5) is 0 Å². The highest BCUT2D eigenvalue weighted by Gasteiger charge is 2.04. The van der Waals surface area contributed by atoms with Gasteiger partial charge in [0.1, 0.15) is 0 Å². The lowest BCUT2D eigenvalue weighted by Crippen LogP contribution is -2.20. The first-order valence-corrected chi connectivity index (χ1v) is 5.61. The summed E-state index contributed by atoms with van der Waals surface area (Å²) in [7, 11) is 0. The first kappa shape index (κ1) is 12.7. The molecule has 0 atom stereocenters. The third-order valence-corrected chi connectivity index (χ3v) is 2.39. The molecule has 1 rings (SSSR count). The molecule has 5 heteroatoms. The fourth-order valence-corrected chi connectivity index (χ4v) is 1.54. The summed E-state index contributed by atoms with van der Waals surface area (Å²) in [6, 6.07) is 0.421.